The zero-order valence-corrected chi connectivity index (χ0v) is 31.5. The van der Waals surface area contributed by atoms with Gasteiger partial charge in [-0.1, -0.05) is 158 Å². The summed E-state index contributed by atoms with van der Waals surface area (Å²) in [5.41, 5.74) is 12.8. The van der Waals surface area contributed by atoms with Gasteiger partial charge in [-0.3, -0.25) is 0 Å². The first-order valence-corrected chi connectivity index (χ1v) is 20.1. The first kappa shape index (κ1) is 32.0. The van der Waals surface area contributed by atoms with Crippen LogP contribution in [0.3, 0.4) is 0 Å². The Morgan fingerprint density at radius 1 is 0.298 bits per heavy atom. The van der Waals surface area contributed by atoms with Gasteiger partial charge in [0.1, 0.15) is 0 Å². The highest BCUT2D eigenvalue weighted by Gasteiger charge is 2.24. The van der Waals surface area contributed by atoms with E-state index < -0.39 is 0 Å². The summed E-state index contributed by atoms with van der Waals surface area (Å²) in [7, 11) is 0. The van der Waals surface area contributed by atoms with E-state index in [9.17, 15) is 0 Å². The van der Waals surface area contributed by atoms with E-state index in [0.717, 1.165) is 38.8 Å². The van der Waals surface area contributed by atoms with E-state index in [4.69, 9.17) is 15.0 Å². The molecule has 1 aliphatic rings. The zero-order chi connectivity index (χ0) is 37.5. The third kappa shape index (κ3) is 5.15. The Morgan fingerprint density at radius 2 is 0.912 bits per heavy atom. The van der Waals surface area contributed by atoms with E-state index in [2.05, 4.69) is 164 Å². The summed E-state index contributed by atoms with van der Waals surface area (Å²) in [6.07, 6.45) is 0. The molecule has 0 fully saturated rings. The summed E-state index contributed by atoms with van der Waals surface area (Å²) in [4.78, 5) is 15.4. The molecule has 0 saturated carbocycles. The molecular formula is C53H31N3S. The van der Waals surface area contributed by atoms with Gasteiger partial charge in [0.2, 0.25) is 0 Å². The van der Waals surface area contributed by atoms with Crippen molar-refractivity contribution in [1.29, 1.82) is 0 Å². The van der Waals surface area contributed by atoms with E-state index in [1.165, 1.54) is 64.1 Å². The Bertz CT molecular complexity index is 3400. The van der Waals surface area contributed by atoms with Gasteiger partial charge in [0.05, 0.1) is 0 Å². The van der Waals surface area contributed by atoms with Gasteiger partial charge in [-0.15, -0.1) is 11.3 Å². The lowest BCUT2D eigenvalue weighted by Gasteiger charge is -2.13. The molecule has 1 aliphatic carbocycles. The monoisotopic (exact) mass is 741 g/mol. The average molecular weight is 742 g/mol. The van der Waals surface area contributed by atoms with Crippen LogP contribution in [0.25, 0.3) is 120 Å². The number of rotatable bonds is 5. The molecule has 0 spiro atoms. The first-order valence-electron chi connectivity index (χ1n) is 19.3. The number of fused-ring (bicyclic) bond motifs is 8. The van der Waals surface area contributed by atoms with Gasteiger partial charge in [-0.05, 0) is 91.0 Å². The predicted molar refractivity (Wildman–Crippen MR) is 239 cm³/mol. The molecule has 9 aromatic carbocycles. The van der Waals surface area contributed by atoms with Gasteiger partial charge >= 0.3 is 0 Å². The molecule has 0 N–H and O–H groups in total. The standard InChI is InChI=1S/C53H31N3S/c1-3-13-32(14-4-1)34-18-11-19-37(27-34)52-54-51(33-15-5-2-6-16-33)55-53(56-52)38-28-35-17-7-8-20-39(35)45(29-38)36-25-26-42-47-31-46-41-22-10-9-21-40(41)43-23-12-24-44(49(43)46)50(47)57-48(42)30-36/h1-31H. The molecule has 2 aromatic heterocycles. The molecule has 0 radical (unpaired) electrons. The van der Waals surface area contributed by atoms with Crippen molar-refractivity contribution in [3.05, 3.63) is 188 Å². The quantitative estimate of drug-likeness (QED) is 0.176. The minimum atomic E-state index is 0.642. The second-order valence-corrected chi connectivity index (χ2v) is 15.8. The van der Waals surface area contributed by atoms with E-state index in [1.54, 1.807) is 0 Å². The molecule has 3 nitrogen and oxygen atoms in total. The maximum Gasteiger partial charge on any atom is 0.164 e. The number of aromatic nitrogens is 3. The van der Waals surface area contributed by atoms with Crippen molar-refractivity contribution in [1.82, 2.24) is 15.0 Å². The van der Waals surface area contributed by atoms with Crippen molar-refractivity contribution in [3.63, 3.8) is 0 Å². The largest absolute Gasteiger partial charge is 0.208 e. The van der Waals surface area contributed by atoms with E-state index >= 15 is 0 Å². The lowest BCUT2D eigenvalue weighted by Crippen LogP contribution is -2.00. The van der Waals surface area contributed by atoms with Crippen molar-refractivity contribution < 1.29 is 0 Å². The Balaban J connectivity index is 1.03. The van der Waals surface area contributed by atoms with Crippen LogP contribution in [-0.4, -0.2) is 15.0 Å². The number of benzene rings is 9. The highest BCUT2D eigenvalue weighted by atomic mass is 32.1. The Kier molecular flexibility index (Phi) is 7.10. The molecule has 0 bridgehead atoms. The summed E-state index contributed by atoms with van der Waals surface area (Å²) in [5.74, 6) is 1.93. The molecule has 0 saturated heterocycles. The molecule has 0 amide bonds. The number of hydrogen-bond donors (Lipinski definition) is 0. The second kappa shape index (κ2) is 12.6. The molecule has 0 atom stereocenters. The summed E-state index contributed by atoms with van der Waals surface area (Å²) < 4.78 is 2.62. The Morgan fingerprint density at radius 3 is 1.74 bits per heavy atom. The Labute approximate surface area is 333 Å². The fraction of sp³-hybridized carbons (Fsp3) is 0. The summed E-state index contributed by atoms with van der Waals surface area (Å²) >= 11 is 1.90. The molecule has 264 valence electrons. The highest BCUT2D eigenvalue weighted by molar-refractivity contribution is 7.26. The van der Waals surface area contributed by atoms with Crippen molar-refractivity contribution in [2.75, 3.05) is 0 Å². The summed E-state index contributed by atoms with van der Waals surface area (Å²) in [5, 5.41) is 7.65. The van der Waals surface area contributed by atoms with Gasteiger partial charge in [0.25, 0.3) is 0 Å². The second-order valence-electron chi connectivity index (χ2n) is 14.8. The normalized spacial score (nSPS) is 11.9. The van der Waals surface area contributed by atoms with Gasteiger partial charge < -0.3 is 0 Å². The summed E-state index contributed by atoms with van der Waals surface area (Å²) in [6.45, 7) is 0. The van der Waals surface area contributed by atoms with Crippen molar-refractivity contribution >= 4 is 53.1 Å². The van der Waals surface area contributed by atoms with Crippen LogP contribution in [0.15, 0.2) is 188 Å². The Hall–Kier alpha value is -7.27. The molecule has 0 aliphatic heterocycles. The van der Waals surface area contributed by atoms with Crippen LogP contribution in [0.4, 0.5) is 0 Å². The van der Waals surface area contributed by atoms with Crippen LogP contribution >= 0.6 is 11.3 Å². The SMILES string of the molecule is c1ccc(-c2cccc(-c3nc(-c4ccccc4)nc(-c4cc(-c5ccc6c(c5)sc5c7cccc8c7c(cc65)-c5ccccc5-8)c5ccccc5c4)n3)c2)cc1. The minimum absolute atomic E-state index is 0.642. The van der Waals surface area contributed by atoms with Crippen LogP contribution in [0, 0.1) is 0 Å². The lowest BCUT2D eigenvalue weighted by molar-refractivity contribution is 1.07. The number of nitrogens with zero attached hydrogens (tertiary/aromatic N) is 3. The highest BCUT2D eigenvalue weighted by Crippen LogP contribution is 2.52. The van der Waals surface area contributed by atoms with Crippen molar-refractivity contribution in [2.45, 2.75) is 0 Å². The maximum atomic E-state index is 5.20. The number of hydrogen-bond acceptors (Lipinski definition) is 4. The van der Waals surface area contributed by atoms with E-state index in [-0.39, 0.29) is 0 Å². The van der Waals surface area contributed by atoms with Gasteiger partial charge in [0, 0.05) is 42.2 Å². The molecule has 2 heterocycles. The number of thiophene rings is 1. The third-order valence-corrected chi connectivity index (χ3v) is 12.6. The van der Waals surface area contributed by atoms with E-state index in [0.29, 0.717) is 17.5 Å². The van der Waals surface area contributed by atoms with Crippen molar-refractivity contribution in [3.8, 4) is 78.7 Å². The average Bonchev–Trinajstić information content (AvgIpc) is 3.82. The van der Waals surface area contributed by atoms with Crippen LogP contribution in [-0.2, 0) is 0 Å². The zero-order valence-electron chi connectivity index (χ0n) is 30.6. The minimum Gasteiger partial charge on any atom is -0.208 e. The molecule has 12 rings (SSSR count). The predicted octanol–water partition coefficient (Wildman–Crippen LogP) is 14.5. The molecule has 4 heteroatoms. The van der Waals surface area contributed by atoms with Gasteiger partial charge in [0.15, 0.2) is 17.5 Å². The topological polar surface area (TPSA) is 38.7 Å². The third-order valence-electron chi connectivity index (χ3n) is 11.4. The smallest absolute Gasteiger partial charge is 0.164 e. The first-order chi connectivity index (χ1) is 28.2. The lowest BCUT2D eigenvalue weighted by atomic mass is 9.94. The maximum absolute atomic E-state index is 5.20. The molecular weight excluding hydrogens is 711 g/mol. The van der Waals surface area contributed by atoms with Crippen LogP contribution < -0.4 is 0 Å². The fourth-order valence-electron chi connectivity index (χ4n) is 8.76. The molecule has 11 aromatic rings. The van der Waals surface area contributed by atoms with Crippen LogP contribution in [0.2, 0.25) is 0 Å². The van der Waals surface area contributed by atoms with Crippen LogP contribution in [0.5, 0.6) is 0 Å². The summed E-state index contributed by atoms with van der Waals surface area (Å²) in [6, 6.07) is 67.2. The van der Waals surface area contributed by atoms with Crippen LogP contribution in [0.1, 0.15) is 0 Å². The molecule has 57 heavy (non-hydrogen) atoms. The van der Waals surface area contributed by atoms with E-state index in [1.807, 2.05) is 35.6 Å². The van der Waals surface area contributed by atoms with Crippen molar-refractivity contribution in [2.24, 2.45) is 0 Å². The fourth-order valence-corrected chi connectivity index (χ4v) is 10.0. The molecule has 0 unspecified atom stereocenters. The van der Waals surface area contributed by atoms with Gasteiger partial charge in [-0.2, -0.15) is 0 Å². The van der Waals surface area contributed by atoms with Gasteiger partial charge in [-0.25, -0.2) is 15.0 Å².